The first kappa shape index (κ1) is 32.0. The first-order valence-corrected chi connectivity index (χ1v) is 16.0. The summed E-state index contributed by atoms with van der Waals surface area (Å²) in [5.41, 5.74) is 2.13. The molecule has 0 unspecified atom stereocenters. The SMILES string of the molecule is CCCCCCCOC(=O)n1nc(NC(=O)c2ccc(CN3CCCC3)cc2)c2oc(C(=O)NC(C)(C)c3ccccc3)cc21. The molecule has 238 valence electrons. The Hall–Kier alpha value is -4.44. The van der Waals surface area contributed by atoms with Gasteiger partial charge in [0.15, 0.2) is 17.2 Å². The van der Waals surface area contributed by atoms with Gasteiger partial charge in [0.05, 0.1) is 12.1 Å². The molecule has 1 fully saturated rings. The third-order valence-electron chi connectivity index (χ3n) is 8.20. The summed E-state index contributed by atoms with van der Waals surface area (Å²) in [5, 5.41) is 10.1. The van der Waals surface area contributed by atoms with E-state index in [1.807, 2.05) is 56.3 Å². The smallest absolute Gasteiger partial charge is 0.435 e. The molecule has 1 saturated heterocycles. The van der Waals surface area contributed by atoms with E-state index < -0.39 is 23.4 Å². The van der Waals surface area contributed by atoms with Crippen molar-refractivity contribution in [1.82, 2.24) is 20.0 Å². The molecule has 2 amide bonds. The van der Waals surface area contributed by atoms with Gasteiger partial charge in [-0.1, -0.05) is 75.1 Å². The number of amides is 2. The molecule has 2 N–H and O–H groups in total. The normalized spacial score (nSPS) is 13.7. The quantitative estimate of drug-likeness (QED) is 0.154. The summed E-state index contributed by atoms with van der Waals surface area (Å²) >= 11 is 0. The fraction of sp³-hybridized carbons (Fsp3) is 0.429. The van der Waals surface area contributed by atoms with Gasteiger partial charge in [-0.15, -0.1) is 5.10 Å². The molecule has 0 bridgehead atoms. The monoisotopic (exact) mass is 613 g/mol. The predicted molar refractivity (Wildman–Crippen MR) is 173 cm³/mol. The van der Waals surface area contributed by atoms with E-state index in [1.165, 1.54) is 18.9 Å². The van der Waals surface area contributed by atoms with Crippen LogP contribution in [0.15, 0.2) is 65.1 Å². The maximum absolute atomic E-state index is 13.3. The third kappa shape index (κ3) is 7.99. The molecular formula is C35H43N5O5. The predicted octanol–water partition coefficient (Wildman–Crippen LogP) is 7.10. The maximum atomic E-state index is 13.3. The van der Waals surface area contributed by atoms with Crippen LogP contribution in [0.3, 0.4) is 0 Å². The van der Waals surface area contributed by atoms with Gasteiger partial charge in [-0.2, -0.15) is 4.68 Å². The van der Waals surface area contributed by atoms with Crippen LogP contribution in [0.2, 0.25) is 0 Å². The van der Waals surface area contributed by atoms with Crippen molar-refractivity contribution in [2.75, 3.05) is 25.0 Å². The lowest BCUT2D eigenvalue weighted by Gasteiger charge is -2.26. The number of nitrogens with one attached hydrogen (secondary N) is 2. The zero-order valence-corrected chi connectivity index (χ0v) is 26.4. The highest BCUT2D eigenvalue weighted by atomic mass is 16.6. The number of likely N-dealkylation sites (tertiary alicyclic amines) is 1. The number of hydrogen-bond donors (Lipinski definition) is 2. The molecule has 0 radical (unpaired) electrons. The van der Waals surface area contributed by atoms with Crippen LogP contribution >= 0.6 is 0 Å². The molecule has 5 rings (SSSR count). The molecule has 0 aliphatic carbocycles. The largest absolute Gasteiger partial charge is 0.448 e. The van der Waals surface area contributed by atoms with E-state index in [1.54, 1.807) is 12.1 Å². The van der Waals surface area contributed by atoms with Crippen molar-refractivity contribution in [3.8, 4) is 0 Å². The topological polar surface area (TPSA) is 119 Å². The lowest BCUT2D eigenvalue weighted by Crippen LogP contribution is -2.40. The van der Waals surface area contributed by atoms with E-state index in [0.717, 1.165) is 67.5 Å². The zero-order valence-electron chi connectivity index (χ0n) is 26.4. The molecule has 2 aromatic carbocycles. The highest BCUT2D eigenvalue weighted by molar-refractivity contribution is 6.08. The van der Waals surface area contributed by atoms with Gasteiger partial charge in [-0.3, -0.25) is 14.5 Å². The highest BCUT2D eigenvalue weighted by Gasteiger charge is 2.28. The Balaban J connectivity index is 1.35. The van der Waals surface area contributed by atoms with E-state index in [2.05, 4.69) is 27.6 Å². The summed E-state index contributed by atoms with van der Waals surface area (Å²) in [5.74, 6) is -0.875. The summed E-state index contributed by atoms with van der Waals surface area (Å²) in [6, 6.07) is 18.5. The number of unbranched alkanes of at least 4 members (excludes halogenated alkanes) is 4. The van der Waals surface area contributed by atoms with Gasteiger partial charge in [-0.25, -0.2) is 4.79 Å². The summed E-state index contributed by atoms with van der Waals surface area (Å²) < 4.78 is 12.5. The molecule has 3 heterocycles. The second kappa shape index (κ2) is 14.6. The number of nitrogens with zero attached hydrogens (tertiary/aromatic N) is 3. The molecule has 0 atom stereocenters. The van der Waals surface area contributed by atoms with Crippen LogP contribution in [-0.2, 0) is 16.8 Å². The van der Waals surface area contributed by atoms with Crippen LogP contribution in [0, 0.1) is 0 Å². The molecule has 0 spiro atoms. The lowest BCUT2D eigenvalue weighted by molar-refractivity contribution is 0.0885. The van der Waals surface area contributed by atoms with Crippen molar-refractivity contribution in [2.45, 2.75) is 77.8 Å². The van der Waals surface area contributed by atoms with Crippen LogP contribution in [0.25, 0.3) is 11.1 Å². The molecular weight excluding hydrogens is 570 g/mol. The van der Waals surface area contributed by atoms with Crippen LogP contribution in [0.5, 0.6) is 0 Å². The first-order chi connectivity index (χ1) is 21.7. The Bertz CT molecular complexity index is 1600. The van der Waals surface area contributed by atoms with E-state index in [9.17, 15) is 14.4 Å². The summed E-state index contributed by atoms with van der Waals surface area (Å²) in [6.07, 6.45) is 6.76. The second-order valence-electron chi connectivity index (χ2n) is 12.2. The Labute approximate surface area is 264 Å². The third-order valence-corrected chi connectivity index (χ3v) is 8.20. The zero-order chi connectivity index (χ0) is 31.8. The first-order valence-electron chi connectivity index (χ1n) is 16.0. The van der Waals surface area contributed by atoms with Gasteiger partial charge >= 0.3 is 6.09 Å². The van der Waals surface area contributed by atoms with Gasteiger partial charge in [-0.05, 0) is 69.5 Å². The average molecular weight is 614 g/mol. The van der Waals surface area contributed by atoms with Crippen LogP contribution in [0.4, 0.5) is 10.6 Å². The number of furan rings is 1. The molecule has 1 aliphatic heterocycles. The Morgan fingerprint density at radius 1 is 0.933 bits per heavy atom. The number of ether oxygens (including phenoxy) is 1. The number of benzene rings is 2. The van der Waals surface area contributed by atoms with E-state index in [-0.39, 0.29) is 29.3 Å². The van der Waals surface area contributed by atoms with Crippen LogP contribution < -0.4 is 10.6 Å². The number of anilines is 1. The van der Waals surface area contributed by atoms with Gasteiger partial charge < -0.3 is 19.8 Å². The standard InChI is InChI=1S/C35H43N5O5/c1-4-5-6-7-13-22-44-34(43)40-28-23-29(33(42)37-35(2,3)27-14-9-8-10-15-27)45-30(28)31(38-40)36-32(41)26-18-16-25(17-19-26)24-39-20-11-12-21-39/h8-10,14-19,23H,4-7,11-13,20-22,24H2,1-3H3,(H,37,42)(H,36,38,41). The fourth-order valence-electron chi connectivity index (χ4n) is 5.58. The lowest BCUT2D eigenvalue weighted by atomic mass is 9.94. The van der Waals surface area contributed by atoms with Gasteiger partial charge in [0.25, 0.3) is 11.8 Å². The molecule has 1 aliphatic rings. The minimum Gasteiger partial charge on any atom is -0.448 e. The Kier molecular flexibility index (Phi) is 10.3. The average Bonchev–Trinajstić information content (AvgIpc) is 3.78. The minimum absolute atomic E-state index is 0.0192. The van der Waals surface area contributed by atoms with E-state index in [4.69, 9.17) is 9.15 Å². The van der Waals surface area contributed by atoms with Crippen molar-refractivity contribution in [3.05, 3.63) is 83.1 Å². The molecule has 2 aromatic heterocycles. The number of aromatic nitrogens is 2. The summed E-state index contributed by atoms with van der Waals surface area (Å²) in [6.45, 7) is 9.21. The fourth-order valence-corrected chi connectivity index (χ4v) is 5.58. The molecule has 10 nitrogen and oxygen atoms in total. The van der Waals surface area contributed by atoms with Crippen LogP contribution in [-0.4, -0.2) is 52.3 Å². The molecule has 10 heteroatoms. The van der Waals surface area contributed by atoms with Crippen molar-refractivity contribution in [1.29, 1.82) is 0 Å². The summed E-state index contributed by atoms with van der Waals surface area (Å²) in [7, 11) is 0. The number of hydrogen-bond acceptors (Lipinski definition) is 7. The van der Waals surface area contributed by atoms with E-state index in [0.29, 0.717) is 5.56 Å². The minimum atomic E-state index is -0.709. The molecule has 45 heavy (non-hydrogen) atoms. The highest BCUT2D eigenvalue weighted by Crippen LogP contribution is 2.29. The van der Waals surface area contributed by atoms with Gasteiger partial charge in [0.2, 0.25) is 0 Å². The number of carbonyl (C=O) groups is 3. The number of fused-ring (bicyclic) bond motifs is 1. The van der Waals surface area contributed by atoms with Crippen molar-refractivity contribution in [3.63, 3.8) is 0 Å². The number of carbonyl (C=O) groups excluding carboxylic acids is 3. The van der Waals surface area contributed by atoms with Gasteiger partial charge in [0, 0.05) is 18.2 Å². The van der Waals surface area contributed by atoms with Crippen molar-refractivity contribution in [2.24, 2.45) is 0 Å². The Morgan fingerprint density at radius 2 is 1.64 bits per heavy atom. The second-order valence-corrected chi connectivity index (χ2v) is 12.2. The summed E-state index contributed by atoms with van der Waals surface area (Å²) in [4.78, 5) is 42.1. The maximum Gasteiger partial charge on any atom is 0.435 e. The van der Waals surface area contributed by atoms with Crippen LogP contribution in [0.1, 0.15) is 97.8 Å². The molecule has 4 aromatic rings. The van der Waals surface area contributed by atoms with E-state index >= 15 is 0 Å². The number of rotatable bonds is 13. The van der Waals surface area contributed by atoms with Crippen molar-refractivity contribution >= 4 is 34.8 Å². The molecule has 0 saturated carbocycles. The van der Waals surface area contributed by atoms with Crippen molar-refractivity contribution < 1.29 is 23.5 Å². The Morgan fingerprint density at radius 3 is 2.36 bits per heavy atom. The van der Waals surface area contributed by atoms with Gasteiger partial charge in [0.1, 0.15) is 5.52 Å².